The molecule has 9 nitrogen and oxygen atoms in total. The molecule has 2 N–H and O–H groups in total. The van der Waals surface area contributed by atoms with Crippen molar-refractivity contribution in [1.82, 2.24) is 15.1 Å². The number of pyridine rings is 2. The molecule has 0 fully saturated rings. The lowest BCUT2D eigenvalue weighted by Gasteiger charge is -2.23. The average Bonchev–Trinajstić information content (AvgIpc) is 2.85. The van der Waals surface area contributed by atoms with Gasteiger partial charge < -0.3 is 19.1 Å². The van der Waals surface area contributed by atoms with Gasteiger partial charge in [0.1, 0.15) is 23.3 Å². The van der Waals surface area contributed by atoms with Crippen molar-refractivity contribution in [3.8, 4) is 23.1 Å². The monoisotopic (exact) mass is 493 g/mol. The van der Waals surface area contributed by atoms with Crippen LogP contribution in [0.4, 0.5) is 0 Å². The average molecular weight is 493 g/mol. The number of carbonyl (C=O) groups is 1. The van der Waals surface area contributed by atoms with Crippen LogP contribution >= 0.6 is 7.52 Å². The minimum Gasteiger partial charge on any atom is -0.481 e. The van der Waals surface area contributed by atoms with Crippen molar-refractivity contribution >= 4 is 24.5 Å². The van der Waals surface area contributed by atoms with Gasteiger partial charge in [0.05, 0.1) is 18.7 Å². The molecule has 0 saturated heterocycles. The topological polar surface area (TPSA) is 120 Å². The van der Waals surface area contributed by atoms with E-state index >= 15 is 0 Å². The van der Waals surface area contributed by atoms with Crippen molar-refractivity contribution in [3.63, 3.8) is 0 Å². The van der Waals surface area contributed by atoms with Gasteiger partial charge in [0, 0.05) is 12.3 Å². The van der Waals surface area contributed by atoms with Gasteiger partial charge in [-0.1, -0.05) is 30.3 Å². The number of benzene rings is 2. The molecule has 2 atom stereocenters. The largest absolute Gasteiger partial charge is 0.481 e. The third-order valence-corrected chi connectivity index (χ3v) is 7.11. The van der Waals surface area contributed by atoms with Crippen LogP contribution in [-0.2, 0) is 15.5 Å². The third-order valence-electron chi connectivity index (χ3n) is 5.05. The maximum Gasteiger partial charge on any atom is 0.321 e. The number of para-hydroxylation sites is 1. The summed E-state index contributed by atoms with van der Waals surface area (Å²) in [6.07, 6.45) is 1.59. The Balaban J connectivity index is 1.53. The Bertz CT molecular complexity index is 1370. The summed E-state index contributed by atoms with van der Waals surface area (Å²) in [5, 5.41) is 12.7. The highest BCUT2D eigenvalue weighted by atomic mass is 31.2. The number of aromatic nitrogens is 2. The van der Waals surface area contributed by atoms with Crippen molar-refractivity contribution in [3.05, 3.63) is 84.6 Å². The molecule has 0 radical (unpaired) electrons. The molecule has 2 aromatic heterocycles. The van der Waals surface area contributed by atoms with Gasteiger partial charge in [0.15, 0.2) is 5.65 Å². The zero-order chi connectivity index (χ0) is 24.8. The predicted octanol–water partition coefficient (Wildman–Crippen LogP) is 5.27. The number of hydrogen-bond acceptors (Lipinski definition) is 7. The molecule has 0 aliphatic carbocycles. The molecule has 1 unspecified atom stereocenters. The maximum atomic E-state index is 13.6. The summed E-state index contributed by atoms with van der Waals surface area (Å²) < 4.78 is 30.5. The zero-order valence-electron chi connectivity index (χ0n) is 19.1. The van der Waals surface area contributed by atoms with E-state index in [0.29, 0.717) is 34.3 Å². The molecule has 4 aromatic rings. The Morgan fingerprint density at radius 3 is 2.46 bits per heavy atom. The van der Waals surface area contributed by atoms with Crippen LogP contribution in [0.5, 0.6) is 23.1 Å². The van der Waals surface area contributed by atoms with E-state index in [1.807, 2.05) is 12.1 Å². The van der Waals surface area contributed by atoms with E-state index in [1.54, 1.807) is 66.9 Å². The number of nitrogens with zero attached hydrogens (tertiary/aromatic N) is 2. The molecule has 0 saturated carbocycles. The van der Waals surface area contributed by atoms with Crippen molar-refractivity contribution < 1.29 is 28.5 Å². The number of aliphatic carboxylic acids is 1. The second kappa shape index (κ2) is 10.5. The maximum absolute atomic E-state index is 13.6. The van der Waals surface area contributed by atoms with E-state index in [9.17, 15) is 14.5 Å². The highest BCUT2D eigenvalue weighted by Gasteiger charge is 2.30. The second-order valence-corrected chi connectivity index (χ2v) is 9.81. The summed E-state index contributed by atoms with van der Waals surface area (Å²) in [6.45, 7) is 1.42. The summed E-state index contributed by atoms with van der Waals surface area (Å²) in [4.78, 5) is 19.9. The third kappa shape index (κ3) is 6.15. The fourth-order valence-electron chi connectivity index (χ4n) is 3.33. The standard InChI is InChI=1S/C25H24N3O6P/c1-17(25(29)30)28-35(31,34-20-6-4-3-5-7-20)16-18-8-10-19(11-9-18)33-22-14-15-26-24-21(22)12-13-23(27-24)32-2/h3-15,17H,16H2,1-2H3,(H,28,31)(H,29,30)/t17-,35?/m0/s1. The fraction of sp³-hybridized carbons (Fsp3) is 0.160. The lowest BCUT2D eigenvalue weighted by molar-refractivity contribution is -0.138. The minimum atomic E-state index is -3.60. The molecular weight excluding hydrogens is 469 g/mol. The first-order chi connectivity index (χ1) is 16.8. The normalized spacial score (nSPS) is 13.5. The zero-order valence-corrected chi connectivity index (χ0v) is 20.0. The quantitative estimate of drug-likeness (QED) is 0.285. The van der Waals surface area contributed by atoms with Gasteiger partial charge in [0.2, 0.25) is 5.88 Å². The van der Waals surface area contributed by atoms with Crippen LogP contribution in [0.1, 0.15) is 12.5 Å². The van der Waals surface area contributed by atoms with Crippen LogP contribution in [0.15, 0.2) is 79.0 Å². The van der Waals surface area contributed by atoms with Crippen LogP contribution in [-0.4, -0.2) is 34.2 Å². The molecule has 0 aliphatic heterocycles. The Labute approximate surface area is 202 Å². The molecule has 0 bridgehead atoms. The molecule has 0 amide bonds. The van der Waals surface area contributed by atoms with Gasteiger partial charge in [-0.2, -0.15) is 4.98 Å². The van der Waals surface area contributed by atoms with Crippen molar-refractivity contribution in [2.45, 2.75) is 19.1 Å². The van der Waals surface area contributed by atoms with Crippen molar-refractivity contribution in [2.24, 2.45) is 0 Å². The summed E-state index contributed by atoms with van der Waals surface area (Å²) >= 11 is 0. The fourth-order valence-corrected chi connectivity index (χ4v) is 5.39. The highest BCUT2D eigenvalue weighted by molar-refractivity contribution is 7.56. The van der Waals surface area contributed by atoms with E-state index in [1.165, 1.54) is 14.0 Å². The van der Waals surface area contributed by atoms with Crippen LogP contribution in [0.3, 0.4) is 0 Å². The van der Waals surface area contributed by atoms with Gasteiger partial charge in [-0.05, 0) is 48.9 Å². The number of nitrogens with one attached hydrogen (secondary N) is 1. The first kappa shape index (κ1) is 24.2. The molecular formula is C25H24N3O6P. The van der Waals surface area contributed by atoms with Crippen LogP contribution in [0.2, 0.25) is 0 Å². The summed E-state index contributed by atoms with van der Waals surface area (Å²) in [7, 11) is -2.06. The summed E-state index contributed by atoms with van der Waals surface area (Å²) in [5.74, 6) is 0.855. The lowest BCUT2D eigenvalue weighted by atomic mass is 10.2. The SMILES string of the molecule is COc1ccc2c(Oc3ccc(CP(=O)(N[C@@H](C)C(=O)O)Oc4ccccc4)cc3)ccnc2n1. The predicted molar refractivity (Wildman–Crippen MR) is 131 cm³/mol. The molecule has 10 heteroatoms. The van der Waals surface area contributed by atoms with Crippen molar-refractivity contribution in [2.75, 3.05) is 7.11 Å². The molecule has 180 valence electrons. The number of fused-ring (bicyclic) bond motifs is 1. The van der Waals surface area contributed by atoms with Gasteiger partial charge in [-0.25, -0.2) is 10.1 Å². The van der Waals surface area contributed by atoms with Crippen molar-refractivity contribution in [1.29, 1.82) is 0 Å². The second-order valence-electron chi connectivity index (χ2n) is 7.70. The van der Waals surface area contributed by atoms with Gasteiger partial charge in [-0.3, -0.25) is 9.36 Å². The Morgan fingerprint density at radius 1 is 1.03 bits per heavy atom. The molecule has 35 heavy (non-hydrogen) atoms. The van der Waals surface area contributed by atoms with E-state index < -0.39 is 19.5 Å². The summed E-state index contributed by atoms with van der Waals surface area (Å²) in [6, 6.07) is 19.9. The van der Waals surface area contributed by atoms with E-state index in [4.69, 9.17) is 14.0 Å². The molecule has 0 aliphatic rings. The van der Waals surface area contributed by atoms with E-state index in [2.05, 4.69) is 15.1 Å². The lowest BCUT2D eigenvalue weighted by Crippen LogP contribution is -2.33. The van der Waals surface area contributed by atoms with Crippen LogP contribution in [0.25, 0.3) is 11.0 Å². The Kier molecular flexibility index (Phi) is 7.29. The Morgan fingerprint density at radius 2 is 1.77 bits per heavy atom. The molecule has 2 heterocycles. The van der Waals surface area contributed by atoms with E-state index in [-0.39, 0.29) is 6.16 Å². The first-order valence-electron chi connectivity index (χ1n) is 10.8. The number of ether oxygens (including phenoxy) is 2. The Hall–Kier alpha value is -3.94. The van der Waals surface area contributed by atoms with E-state index in [0.717, 1.165) is 5.39 Å². The summed E-state index contributed by atoms with van der Waals surface area (Å²) in [5.41, 5.74) is 1.18. The number of methoxy groups -OCH3 is 1. The number of rotatable bonds is 10. The number of carboxylic acids is 1. The van der Waals surface area contributed by atoms with Gasteiger partial charge in [0.25, 0.3) is 0 Å². The highest BCUT2D eigenvalue weighted by Crippen LogP contribution is 2.47. The smallest absolute Gasteiger partial charge is 0.321 e. The van der Waals surface area contributed by atoms with Gasteiger partial charge >= 0.3 is 13.5 Å². The minimum absolute atomic E-state index is 0.0122. The first-order valence-corrected chi connectivity index (χ1v) is 12.6. The molecule has 2 aromatic carbocycles. The van der Waals surface area contributed by atoms with Crippen LogP contribution in [0, 0.1) is 0 Å². The van der Waals surface area contributed by atoms with Gasteiger partial charge in [-0.15, -0.1) is 0 Å². The molecule has 0 spiro atoms. The number of carboxylic acid groups (broad SMARTS) is 1. The molecule has 4 rings (SSSR count). The number of hydrogen-bond donors (Lipinski definition) is 2. The van der Waals surface area contributed by atoms with Crippen LogP contribution < -0.4 is 19.1 Å².